The molecule has 1 aromatic carbocycles. The predicted molar refractivity (Wildman–Crippen MR) is 96.8 cm³/mol. The van der Waals surface area contributed by atoms with Crippen molar-refractivity contribution in [2.24, 2.45) is 5.73 Å². The molecule has 0 aliphatic heterocycles. The first kappa shape index (κ1) is 19.1. The summed E-state index contributed by atoms with van der Waals surface area (Å²) in [5, 5.41) is 4.31. The Balaban J connectivity index is 1.60. The summed E-state index contributed by atoms with van der Waals surface area (Å²) < 4.78 is 33.5. The molecule has 3 N–H and O–H groups in total. The zero-order valence-corrected chi connectivity index (χ0v) is 15.4. The molecule has 0 bridgehead atoms. The maximum absolute atomic E-state index is 12.3. The minimum atomic E-state index is -3.74. The van der Waals surface area contributed by atoms with E-state index in [0.717, 1.165) is 30.5 Å². The van der Waals surface area contributed by atoms with Gasteiger partial charge < -0.3 is 10.5 Å². The van der Waals surface area contributed by atoms with Crippen LogP contribution in [0.3, 0.4) is 0 Å². The minimum Gasteiger partial charge on any atom is -0.484 e. The number of hydrogen-bond acceptors (Lipinski definition) is 6. The number of carbonyl (C=O) groups is 1. The van der Waals surface area contributed by atoms with Crippen LogP contribution < -0.4 is 20.8 Å². The molecule has 1 heterocycles. The van der Waals surface area contributed by atoms with Crippen LogP contribution in [-0.4, -0.2) is 37.3 Å². The second-order valence-corrected chi connectivity index (χ2v) is 7.92. The molecule has 0 saturated carbocycles. The van der Waals surface area contributed by atoms with Gasteiger partial charge in [-0.1, -0.05) is 0 Å². The number of fused-ring (bicyclic) bond motifs is 1. The molecule has 2 aromatic rings. The topological polar surface area (TPSA) is 133 Å². The number of primary amides is 1. The fraction of sp³-hybridized carbons (Fsp3) is 0.353. The third kappa shape index (κ3) is 4.72. The summed E-state index contributed by atoms with van der Waals surface area (Å²) in [5.74, 6) is -0.287. The molecule has 0 unspecified atom stereocenters. The number of nitrogens with two attached hydrogens (primary N) is 1. The number of ether oxygens (including phenoxy) is 1. The quantitative estimate of drug-likeness (QED) is 0.626. The number of sulfonamides is 1. The Bertz CT molecular complexity index is 999. The molecule has 0 spiro atoms. The summed E-state index contributed by atoms with van der Waals surface area (Å²) in [4.78, 5) is 22.8. The Morgan fingerprint density at radius 2 is 2.00 bits per heavy atom. The minimum absolute atomic E-state index is 0.0357. The van der Waals surface area contributed by atoms with Crippen molar-refractivity contribution in [1.29, 1.82) is 0 Å². The van der Waals surface area contributed by atoms with E-state index in [9.17, 15) is 18.0 Å². The summed E-state index contributed by atoms with van der Waals surface area (Å²) in [5.41, 5.74) is 6.64. The molecule has 0 atom stereocenters. The second kappa shape index (κ2) is 7.89. The average Bonchev–Trinajstić information content (AvgIpc) is 3.07. The predicted octanol–water partition coefficient (Wildman–Crippen LogP) is -0.425. The molecule has 0 saturated heterocycles. The average molecular weight is 392 g/mol. The van der Waals surface area contributed by atoms with E-state index in [-0.39, 0.29) is 30.2 Å². The lowest BCUT2D eigenvalue weighted by molar-refractivity contribution is -0.119. The Morgan fingerprint density at radius 1 is 1.26 bits per heavy atom. The van der Waals surface area contributed by atoms with Gasteiger partial charge in [-0.2, -0.15) is 5.10 Å². The van der Waals surface area contributed by atoms with Gasteiger partial charge in [0.25, 0.3) is 11.5 Å². The molecule has 9 nitrogen and oxygen atoms in total. The second-order valence-electron chi connectivity index (χ2n) is 6.16. The first-order valence-corrected chi connectivity index (χ1v) is 9.94. The highest BCUT2D eigenvalue weighted by molar-refractivity contribution is 7.89. The third-order valence-corrected chi connectivity index (χ3v) is 5.63. The van der Waals surface area contributed by atoms with Crippen molar-refractivity contribution in [3.8, 4) is 5.75 Å². The van der Waals surface area contributed by atoms with Crippen LogP contribution in [0.25, 0.3) is 0 Å². The SMILES string of the molecule is NC(=O)COc1ccc(S(=O)(=O)NCCn2nc3c(cc2=O)CCC3)cc1. The third-order valence-electron chi connectivity index (χ3n) is 4.15. The lowest BCUT2D eigenvalue weighted by Gasteiger charge is -2.10. The highest BCUT2D eigenvalue weighted by atomic mass is 32.2. The van der Waals surface area contributed by atoms with E-state index >= 15 is 0 Å². The highest BCUT2D eigenvalue weighted by Crippen LogP contribution is 2.17. The van der Waals surface area contributed by atoms with Crippen LogP contribution in [0, 0.1) is 0 Å². The normalized spacial score (nSPS) is 13.3. The highest BCUT2D eigenvalue weighted by Gasteiger charge is 2.16. The van der Waals surface area contributed by atoms with Gasteiger partial charge in [0.1, 0.15) is 5.75 Å². The monoisotopic (exact) mass is 392 g/mol. The number of aromatic nitrogens is 2. The van der Waals surface area contributed by atoms with E-state index in [4.69, 9.17) is 10.5 Å². The van der Waals surface area contributed by atoms with Gasteiger partial charge in [-0.15, -0.1) is 0 Å². The lowest BCUT2D eigenvalue weighted by atomic mass is 10.2. The molecule has 27 heavy (non-hydrogen) atoms. The number of rotatable bonds is 8. The van der Waals surface area contributed by atoms with Crippen molar-refractivity contribution in [3.63, 3.8) is 0 Å². The van der Waals surface area contributed by atoms with Crippen molar-refractivity contribution in [2.45, 2.75) is 30.7 Å². The lowest BCUT2D eigenvalue weighted by Crippen LogP contribution is -2.32. The van der Waals surface area contributed by atoms with Gasteiger partial charge in [0.05, 0.1) is 17.1 Å². The Kier molecular flexibility index (Phi) is 5.57. The van der Waals surface area contributed by atoms with Crippen molar-refractivity contribution >= 4 is 15.9 Å². The molecule has 3 rings (SSSR count). The van der Waals surface area contributed by atoms with Crippen LogP contribution >= 0.6 is 0 Å². The molecule has 1 aliphatic carbocycles. The number of hydrogen-bond donors (Lipinski definition) is 2. The van der Waals surface area contributed by atoms with Gasteiger partial charge in [-0.25, -0.2) is 17.8 Å². The van der Waals surface area contributed by atoms with Gasteiger partial charge in [-0.3, -0.25) is 9.59 Å². The number of nitrogens with one attached hydrogen (secondary N) is 1. The molecule has 10 heteroatoms. The van der Waals surface area contributed by atoms with E-state index in [2.05, 4.69) is 9.82 Å². The molecule has 1 aliphatic rings. The van der Waals surface area contributed by atoms with Crippen LogP contribution in [0.2, 0.25) is 0 Å². The number of carbonyl (C=O) groups excluding carboxylic acids is 1. The van der Waals surface area contributed by atoms with Gasteiger partial charge in [-0.05, 0) is 49.1 Å². The standard InChI is InChI=1S/C17H20N4O5S/c18-16(22)11-26-13-4-6-14(7-5-13)27(24,25)19-8-9-21-17(23)10-12-2-1-3-15(12)20-21/h4-7,10,19H,1-3,8-9,11H2,(H2,18,22). The molecule has 0 radical (unpaired) electrons. The fourth-order valence-electron chi connectivity index (χ4n) is 2.84. The first-order chi connectivity index (χ1) is 12.8. The van der Waals surface area contributed by atoms with Crippen LogP contribution in [0.1, 0.15) is 17.7 Å². The van der Waals surface area contributed by atoms with Crippen LogP contribution in [0.15, 0.2) is 40.0 Å². The molecular formula is C17H20N4O5S. The summed E-state index contributed by atoms with van der Waals surface area (Å²) in [6.07, 6.45) is 2.69. The molecular weight excluding hydrogens is 372 g/mol. The van der Waals surface area contributed by atoms with Crippen LogP contribution in [0.5, 0.6) is 5.75 Å². The van der Waals surface area contributed by atoms with E-state index in [1.54, 1.807) is 6.07 Å². The maximum atomic E-state index is 12.3. The van der Waals surface area contributed by atoms with Crippen LogP contribution in [0.4, 0.5) is 0 Å². The van der Waals surface area contributed by atoms with E-state index in [1.807, 2.05) is 0 Å². The van der Waals surface area contributed by atoms with Gasteiger partial charge in [0, 0.05) is 12.6 Å². The zero-order valence-electron chi connectivity index (χ0n) is 14.6. The van der Waals surface area contributed by atoms with Gasteiger partial charge in [0.2, 0.25) is 10.0 Å². The molecule has 1 amide bonds. The van der Waals surface area contributed by atoms with E-state index in [1.165, 1.54) is 28.9 Å². The van der Waals surface area contributed by atoms with Gasteiger partial charge in [0.15, 0.2) is 6.61 Å². The Hall–Kier alpha value is -2.72. The summed E-state index contributed by atoms with van der Waals surface area (Å²) in [6.45, 7) is -0.105. The van der Waals surface area contributed by atoms with Crippen LogP contribution in [-0.2, 0) is 34.2 Å². The van der Waals surface area contributed by atoms with Crippen molar-refractivity contribution in [3.05, 3.63) is 51.9 Å². The zero-order chi connectivity index (χ0) is 19.4. The fourth-order valence-corrected chi connectivity index (χ4v) is 3.86. The largest absolute Gasteiger partial charge is 0.484 e. The smallest absolute Gasteiger partial charge is 0.267 e. The number of amides is 1. The summed E-state index contributed by atoms with van der Waals surface area (Å²) >= 11 is 0. The maximum Gasteiger partial charge on any atom is 0.267 e. The number of nitrogens with zero attached hydrogens (tertiary/aromatic N) is 2. The summed E-state index contributed by atoms with van der Waals surface area (Å²) in [7, 11) is -3.74. The Morgan fingerprint density at radius 3 is 2.70 bits per heavy atom. The van der Waals surface area contributed by atoms with Crippen molar-refractivity contribution < 1.29 is 17.9 Å². The van der Waals surface area contributed by atoms with Crippen molar-refractivity contribution in [2.75, 3.05) is 13.2 Å². The Labute approximate surface area is 156 Å². The number of benzene rings is 1. The first-order valence-electron chi connectivity index (χ1n) is 8.46. The van der Waals surface area contributed by atoms with E-state index in [0.29, 0.717) is 5.75 Å². The summed E-state index contributed by atoms with van der Waals surface area (Å²) in [6, 6.07) is 7.17. The van der Waals surface area contributed by atoms with E-state index < -0.39 is 15.9 Å². The molecule has 1 aromatic heterocycles. The number of aryl methyl sites for hydroxylation is 2. The van der Waals surface area contributed by atoms with Crippen molar-refractivity contribution in [1.82, 2.24) is 14.5 Å². The molecule has 0 fully saturated rings. The van der Waals surface area contributed by atoms with Gasteiger partial charge >= 0.3 is 0 Å². The molecule has 144 valence electrons.